The first-order chi connectivity index (χ1) is 39.6. The number of azide groups is 2. The van der Waals surface area contributed by atoms with Crippen LogP contribution in [0, 0.1) is 60.5 Å². The number of terminal acetylenes is 1. The third-order valence-electron chi connectivity index (χ3n) is 11.2. The molecular weight excluding hydrogens is 1140 g/mol. The number of nitriles is 2. The Balaban J connectivity index is 0.000000363. The molecule has 0 aliphatic carbocycles. The number of pyridine rings is 2. The Labute approximate surface area is 492 Å². The Morgan fingerprint density at radius 3 is 1.66 bits per heavy atom. The normalized spacial score (nSPS) is 10.3. The maximum atomic E-state index is 13.6. The van der Waals surface area contributed by atoms with Crippen LogP contribution in [0.5, 0.6) is 0 Å². The summed E-state index contributed by atoms with van der Waals surface area (Å²) in [7, 11) is 0. The van der Waals surface area contributed by atoms with E-state index in [0.29, 0.717) is 94.1 Å². The number of anilines is 4. The van der Waals surface area contributed by atoms with Crippen molar-refractivity contribution in [3.63, 3.8) is 0 Å². The molecule has 0 unspecified atom stereocenters. The molecule has 0 saturated carbocycles. The van der Waals surface area contributed by atoms with E-state index in [9.17, 15) is 37.7 Å². The molecule has 0 amide bonds. The molecule has 3 heterocycles. The van der Waals surface area contributed by atoms with Gasteiger partial charge >= 0.3 is 0 Å². The summed E-state index contributed by atoms with van der Waals surface area (Å²) in [6.07, 6.45) is 17.6. The quantitative estimate of drug-likeness (QED) is 0.00885. The molecule has 4 N–H and O–H groups in total. The summed E-state index contributed by atoms with van der Waals surface area (Å²) >= 11 is 11.8. The van der Waals surface area contributed by atoms with Crippen molar-refractivity contribution < 1.29 is 27.2 Å². The van der Waals surface area contributed by atoms with Crippen molar-refractivity contribution in [2.75, 3.05) is 56.7 Å². The number of alkyl halides is 2. The second-order valence-corrected chi connectivity index (χ2v) is 18.0. The van der Waals surface area contributed by atoms with Crippen molar-refractivity contribution in [2.24, 2.45) is 10.2 Å². The second-order valence-electron chi connectivity index (χ2n) is 17.2. The predicted octanol–water partition coefficient (Wildman–Crippen LogP) is 13.2. The fourth-order valence-electron chi connectivity index (χ4n) is 7.26. The molecule has 83 heavy (non-hydrogen) atoms. The number of aromatic nitrogens is 5. The Morgan fingerprint density at radius 2 is 1.25 bits per heavy atom. The molecular formula is C57H56Cl3F4N17O2. The van der Waals surface area contributed by atoms with Crippen LogP contribution in [-0.2, 0) is 35.5 Å². The van der Waals surface area contributed by atoms with Crippen LogP contribution in [0.4, 0.5) is 40.3 Å². The lowest BCUT2D eigenvalue weighted by Gasteiger charge is -2.14. The molecule has 19 nitrogen and oxygen atoms in total. The third kappa shape index (κ3) is 22.4. The van der Waals surface area contributed by atoms with Crippen LogP contribution in [0.1, 0.15) is 52.4 Å². The minimum absolute atomic E-state index is 0. The molecule has 0 spiro atoms. The molecule has 4 aromatic carbocycles. The standard InChI is InChI=1S/C27H24ClF2N7O.C25H20ClFN4O.C3H7N3.C2H4FN3.ClH/c1-17-9-26-23(27(19(13-31)14-33-26)34-20-4-5-25(30)24(28)12-20)11-18(17)10-22(38)3-2-7-32-15-21-16-37(8-6-29)36-35-21;1-3-8-29-9-4-5-20(32)11-17-12-21-24(10-16(17)2)30-15-18(14-28)25(21)31-19-6-7-23(27)22(26)13-19;1-2-3-5-6-4;3-1-2-5-6-4;/h2-5,9,11-12,14,16,32H,6-8,10,15H2,1H3,(H,33,34);1,4-7,10,12-13,15,29H,8-9,11H2,2H3,(H,30,31);2-3H2,1H3;1-2H2;1H/b3-2+;5-4+;;;/i29-1;;;3-1;. The largest absolute Gasteiger partial charge is 0.354 e. The van der Waals surface area contributed by atoms with E-state index in [1.165, 1.54) is 65.6 Å². The van der Waals surface area contributed by atoms with Gasteiger partial charge in [0.2, 0.25) is 0 Å². The summed E-state index contributed by atoms with van der Waals surface area (Å²) in [5.74, 6) is 1.25. The van der Waals surface area contributed by atoms with Gasteiger partial charge in [0.1, 0.15) is 30.4 Å². The van der Waals surface area contributed by atoms with Gasteiger partial charge in [-0.05, 0) is 120 Å². The van der Waals surface area contributed by atoms with Gasteiger partial charge in [-0.3, -0.25) is 23.9 Å². The Hall–Kier alpha value is -9.07. The van der Waals surface area contributed by atoms with E-state index >= 15 is 0 Å². The summed E-state index contributed by atoms with van der Waals surface area (Å²) in [5.41, 5.74) is 23.2. The summed E-state index contributed by atoms with van der Waals surface area (Å²) in [6, 6.07) is 20.1. The highest BCUT2D eigenvalue weighted by Crippen LogP contribution is 2.34. The van der Waals surface area contributed by atoms with Gasteiger partial charge in [-0.25, -0.2) is 17.9 Å². The van der Waals surface area contributed by atoms with E-state index in [4.69, 9.17) is 40.7 Å². The molecule has 0 atom stereocenters. The van der Waals surface area contributed by atoms with Gasteiger partial charge in [-0.2, -0.15) is 10.5 Å². The number of rotatable bonds is 23. The molecule has 430 valence electrons. The first-order valence-electron chi connectivity index (χ1n) is 25.0. The molecule has 7 aromatic rings. The molecule has 3 aromatic heterocycles. The molecule has 0 bridgehead atoms. The zero-order valence-electron chi connectivity index (χ0n) is 45.2. The van der Waals surface area contributed by atoms with Crippen LogP contribution in [0.15, 0.2) is 114 Å². The Kier molecular flexibility index (Phi) is 30.4. The highest BCUT2D eigenvalue weighted by atomic mass is 35.5. The molecule has 0 aliphatic rings. The van der Waals surface area contributed by atoms with E-state index in [0.717, 1.165) is 28.7 Å². The number of allylic oxidation sites excluding steroid dienone is 2. The first kappa shape index (κ1) is 68.2. The van der Waals surface area contributed by atoms with Gasteiger partial charge in [-0.15, -0.1) is 23.9 Å². The third-order valence-corrected chi connectivity index (χ3v) is 11.8. The number of nitrogens with one attached hydrogen (secondary N) is 4. The van der Waals surface area contributed by atoms with Crippen LogP contribution in [-0.4, -0.2) is 82.6 Å². The Morgan fingerprint density at radius 1 is 0.759 bits per heavy atom. The lowest BCUT2D eigenvalue weighted by atomic mass is 9.98. The molecule has 0 radical (unpaired) electrons. The lowest BCUT2D eigenvalue weighted by molar-refractivity contribution is -0.114. The SMILES string of the molecule is C#CCNC/C=C/C(=O)Cc1cc2c(Nc3ccc(F)c(Cl)c3)c(C#N)cnc2cc1C.CCCN=[N+]=[N-].Cc1cc2ncc(C#N)c(Nc3ccc(F)c(Cl)c3)c2cc1CC(=O)/C=C/CNCc1cn(CC[18F])nn1.Cl.[N-]=[N+]=NCC[18F]. The van der Waals surface area contributed by atoms with Gasteiger partial charge in [-0.1, -0.05) is 70.1 Å². The fourth-order valence-corrected chi connectivity index (χ4v) is 7.62. The molecule has 0 fully saturated rings. The van der Waals surface area contributed by atoms with Crippen LogP contribution < -0.4 is 21.3 Å². The average Bonchev–Trinajstić information content (AvgIpc) is 3.94. The number of hydrogen-bond donors (Lipinski definition) is 4. The van der Waals surface area contributed by atoms with Crippen LogP contribution >= 0.6 is 35.6 Å². The monoisotopic (exact) mass is 1190 g/mol. The number of benzene rings is 4. The number of carbonyl (C=O) groups excluding carboxylic acids is 2. The van der Waals surface area contributed by atoms with Crippen LogP contribution in [0.3, 0.4) is 0 Å². The number of halogens is 7. The summed E-state index contributed by atoms with van der Waals surface area (Å²) in [5, 5.41) is 46.9. The van der Waals surface area contributed by atoms with Crippen molar-refractivity contribution in [3.8, 4) is 24.5 Å². The fraction of sp³-hybridized carbons (Fsp3) is 0.263. The van der Waals surface area contributed by atoms with Gasteiger partial charge in [0.15, 0.2) is 11.6 Å². The van der Waals surface area contributed by atoms with E-state index in [-0.39, 0.29) is 59.9 Å². The number of aryl methyl sites for hydroxylation is 3. The smallest absolute Gasteiger partial charge is 0.159 e. The highest BCUT2D eigenvalue weighted by Gasteiger charge is 2.16. The maximum absolute atomic E-state index is 13.6. The number of fused-ring (bicyclic) bond motifs is 2. The Bertz CT molecular complexity index is 3620. The van der Waals surface area contributed by atoms with E-state index in [1.807, 2.05) is 45.0 Å². The molecule has 0 aliphatic heterocycles. The highest BCUT2D eigenvalue weighted by molar-refractivity contribution is 6.31. The van der Waals surface area contributed by atoms with Crippen molar-refractivity contribution in [1.29, 1.82) is 10.5 Å². The van der Waals surface area contributed by atoms with Gasteiger partial charge in [0.05, 0.1) is 75.6 Å². The molecule has 26 heteroatoms. The van der Waals surface area contributed by atoms with Crippen molar-refractivity contribution >= 4 is 91.7 Å². The predicted molar refractivity (Wildman–Crippen MR) is 318 cm³/mol. The average molecular weight is 1190 g/mol. The first-order valence-corrected chi connectivity index (χ1v) is 25.7. The van der Waals surface area contributed by atoms with E-state index in [2.05, 4.69) is 79.7 Å². The van der Waals surface area contributed by atoms with Crippen molar-refractivity contribution in [2.45, 2.75) is 53.1 Å². The molecule has 0 saturated heterocycles. The number of carbonyl (C=O) groups is 2. The molecule has 7 rings (SSSR count). The second kappa shape index (κ2) is 37.0. The minimum atomic E-state index is -0.565. The van der Waals surface area contributed by atoms with Gasteiger partial charge in [0, 0.05) is 89.6 Å². The van der Waals surface area contributed by atoms with Crippen LogP contribution in [0.2, 0.25) is 10.0 Å². The van der Waals surface area contributed by atoms with Crippen LogP contribution in [0.25, 0.3) is 42.7 Å². The topological polar surface area (TPSA) is 284 Å². The maximum Gasteiger partial charge on any atom is 0.159 e. The van der Waals surface area contributed by atoms with Crippen molar-refractivity contribution in [1.82, 2.24) is 35.6 Å². The number of nitrogens with zero attached hydrogens (tertiary/aromatic N) is 13. The lowest BCUT2D eigenvalue weighted by Crippen LogP contribution is -2.13. The van der Waals surface area contributed by atoms with Crippen molar-refractivity contribution in [3.05, 3.63) is 185 Å². The van der Waals surface area contributed by atoms with E-state index < -0.39 is 25.0 Å². The van der Waals surface area contributed by atoms with E-state index in [1.54, 1.807) is 18.3 Å². The van der Waals surface area contributed by atoms with Gasteiger partial charge < -0.3 is 21.3 Å². The zero-order valence-corrected chi connectivity index (χ0v) is 47.5. The zero-order chi connectivity index (χ0) is 59.8. The number of hydrogen-bond acceptors (Lipinski definition) is 14. The summed E-state index contributed by atoms with van der Waals surface area (Å²) < 4.78 is 51.9. The van der Waals surface area contributed by atoms with Gasteiger partial charge in [0.25, 0.3) is 0 Å². The summed E-state index contributed by atoms with van der Waals surface area (Å²) in [6.45, 7) is 7.28. The minimum Gasteiger partial charge on any atom is -0.354 e. The number of ketones is 2. The summed E-state index contributed by atoms with van der Waals surface area (Å²) in [4.78, 5) is 38.7.